The SMILES string of the molecule is CCn1cc(C(=O)NCc2nn(CC)cc2Br)cn1. The van der Waals surface area contributed by atoms with Crippen LogP contribution in [0, 0.1) is 0 Å². The normalized spacial score (nSPS) is 10.7. The van der Waals surface area contributed by atoms with E-state index in [0.717, 1.165) is 23.3 Å². The molecule has 102 valence electrons. The third kappa shape index (κ3) is 3.23. The molecule has 0 aromatic carbocycles. The van der Waals surface area contributed by atoms with Gasteiger partial charge in [-0.25, -0.2) is 0 Å². The quantitative estimate of drug-likeness (QED) is 0.911. The van der Waals surface area contributed by atoms with Crippen molar-refractivity contribution in [3.8, 4) is 0 Å². The molecular formula is C12H16BrN5O. The Morgan fingerprint density at radius 3 is 2.63 bits per heavy atom. The fourth-order valence-electron chi connectivity index (χ4n) is 1.64. The molecule has 6 nitrogen and oxygen atoms in total. The number of hydrogen-bond donors (Lipinski definition) is 1. The zero-order chi connectivity index (χ0) is 13.8. The number of carbonyl (C=O) groups excluding carboxylic acids is 1. The zero-order valence-electron chi connectivity index (χ0n) is 10.9. The molecule has 0 unspecified atom stereocenters. The predicted octanol–water partition coefficient (Wildman–Crippen LogP) is 1.81. The van der Waals surface area contributed by atoms with Gasteiger partial charge < -0.3 is 5.32 Å². The molecule has 0 saturated carbocycles. The van der Waals surface area contributed by atoms with Crippen LogP contribution in [0.1, 0.15) is 29.9 Å². The molecule has 2 aromatic rings. The summed E-state index contributed by atoms with van der Waals surface area (Å²) in [5.74, 6) is -0.141. The van der Waals surface area contributed by atoms with Gasteiger partial charge in [0, 0.05) is 25.5 Å². The van der Waals surface area contributed by atoms with Crippen LogP contribution < -0.4 is 5.32 Å². The second-order valence-electron chi connectivity index (χ2n) is 4.05. The Labute approximate surface area is 119 Å². The van der Waals surface area contributed by atoms with Crippen molar-refractivity contribution in [1.82, 2.24) is 24.9 Å². The molecule has 0 spiro atoms. The van der Waals surface area contributed by atoms with Crippen molar-refractivity contribution < 1.29 is 4.79 Å². The van der Waals surface area contributed by atoms with E-state index < -0.39 is 0 Å². The average molecular weight is 326 g/mol. The third-order valence-corrected chi connectivity index (χ3v) is 3.41. The minimum Gasteiger partial charge on any atom is -0.346 e. The number of nitrogens with one attached hydrogen (secondary N) is 1. The van der Waals surface area contributed by atoms with E-state index in [-0.39, 0.29) is 5.91 Å². The highest BCUT2D eigenvalue weighted by Gasteiger charge is 2.11. The Morgan fingerprint density at radius 1 is 1.32 bits per heavy atom. The summed E-state index contributed by atoms with van der Waals surface area (Å²) in [6.45, 7) is 5.93. The minimum atomic E-state index is -0.141. The Balaban J connectivity index is 1.97. The Kier molecular flexibility index (Phi) is 4.36. The number of rotatable bonds is 5. The molecule has 0 fully saturated rings. The van der Waals surface area contributed by atoms with E-state index in [4.69, 9.17) is 0 Å². The van der Waals surface area contributed by atoms with Crippen LogP contribution in [0.3, 0.4) is 0 Å². The molecular weight excluding hydrogens is 310 g/mol. The van der Waals surface area contributed by atoms with Crippen molar-refractivity contribution in [2.45, 2.75) is 33.5 Å². The number of hydrogen-bond acceptors (Lipinski definition) is 3. The lowest BCUT2D eigenvalue weighted by Gasteiger charge is -2.01. The first-order valence-corrected chi connectivity index (χ1v) is 6.95. The van der Waals surface area contributed by atoms with Crippen LogP contribution in [0.4, 0.5) is 0 Å². The molecule has 0 bridgehead atoms. The van der Waals surface area contributed by atoms with Gasteiger partial charge in [0.05, 0.1) is 28.5 Å². The average Bonchev–Trinajstić information content (AvgIpc) is 3.02. The number of carbonyl (C=O) groups is 1. The van der Waals surface area contributed by atoms with Crippen molar-refractivity contribution in [3.63, 3.8) is 0 Å². The lowest BCUT2D eigenvalue weighted by atomic mass is 10.3. The fraction of sp³-hybridized carbons (Fsp3) is 0.417. The number of aryl methyl sites for hydroxylation is 2. The monoisotopic (exact) mass is 325 g/mol. The van der Waals surface area contributed by atoms with Crippen LogP contribution in [-0.4, -0.2) is 25.5 Å². The lowest BCUT2D eigenvalue weighted by molar-refractivity contribution is 0.0950. The second kappa shape index (κ2) is 6.01. The van der Waals surface area contributed by atoms with Crippen molar-refractivity contribution in [3.05, 3.63) is 34.3 Å². The van der Waals surface area contributed by atoms with Crippen molar-refractivity contribution in [1.29, 1.82) is 0 Å². The second-order valence-corrected chi connectivity index (χ2v) is 4.90. The maximum absolute atomic E-state index is 11.9. The Hall–Kier alpha value is -1.63. The van der Waals surface area contributed by atoms with E-state index in [1.54, 1.807) is 17.1 Å². The maximum atomic E-state index is 11.9. The van der Waals surface area contributed by atoms with Gasteiger partial charge in [-0.15, -0.1) is 0 Å². The molecule has 2 aromatic heterocycles. The molecule has 0 atom stereocenters. The predicted molar refractivity (Wildman–Crippen MR) is 74.7 cm³/mol. The zero-order valence-corrected chi connectivity index (χ0v) is 12.5. The van der Waals surface area contributed by atoms with Crippen molar-refractivity contribution in [2.75, 3.05) is 0 Å². The molecule has 1 amide bonds. The van der Waals surface area contributed by atoms with E-state index in [1.807, 2.05) is 24.7 Å². The van der Waals surface area contributed by atoms with Crippen molar-refractivity contribution in [2.24, 2.45) is 0 Å². The van der Waals surface area contributed by atoms with Crippen molar-refractivity contribution >= 4 is 21.8 Å². The van der Waals surface area contributed by atoms with Crippen LogP contribution in [0.2, 0.25) is 0 Å². The first-order valence-electron chi connectivity index (χ1n) is 6.16. The number of amides is 1. The first-order chi connectivity index (χ1) is 9.13. The summed E-state index contributed by atoms with van der Waals surface area (Å²) in [4.78, 5) is 11.9. The van der Waals surface area contributed by atoms with Gasteiger partial charge in [0.15, 0.2) is 0 Å². The maximum Gasteiger partial charge on any atom is 0.254 e. The molecule has 2 rings (SSSR count). The molecule has 7 heteroatoms. The summed E-state index contributed by atoms with van der Waals surface area (Å²) in [6, 6.07) is 0. The van der Waals surface area contributed by atoms with Crippen LogP contribution in [0.25, 0.3) is 0 Å². The first kappa shape index (κ1) is 13.8. The Bertz CT molecular complexity index is 574. The van der Waals surface area contributed by atoms with Gasteiger partial charge in [-0.3, -0.25) is 14.2 Å². The molecule has 0 aliphatic heterocycles. The number of nitrogens with zero attached hydrogens (tertiary/aromatic N) is 4. The fourth-order valence-corrected chi connectivity index (χ4v) is 2.09. The standard InChI is InChI=1S/C12H16BrN5O/c1-3-17-7-9(5-15-17)12(19)14-6-11-10(13)8-18(4-2)16-11/h5,7-8H,3-4,6H2,1-2H3,(H,14,19). The molecule has 0 aliphatic carbocycles. The van der Waals surface area contributed by atoms with E-state index in [2.05, 4.69) is 31.4 Å². The third-order valence-electron chi connectivity index (χ3n) is 2.75. The van der Waals surface area contributed by atoms with Gasteiger partial charge in [-0.05, 0) is 29.8 Å². The molecule has 2 heterocycles. The van der Waals surface area contributed by atoms with E-state index in [1.165, 1.54) is 0 Å². The summed E-state index contributed by atoms with van der Waals surface area (Å²) < 4.78 is 4.44. The summed E-state index contributed by atoms with van der Waals surface area (Å²) >= 11 is 3.43. The van der Waals surface area contributed by atoms with E-state index in [0.29, 0.717) is 12.1 Å². The smallest absolute Gasteiger partial charge is 0.254 e. The summed E-state index contributed by atoms with van der Waals surface area (Å²) in [5, 5.41) is 11.3. The van der Waals surface area contributed by atoms with Gasteiger partial charge in [-0.2, -0.15) is 10.2 Å². The van der Waals surface area contributed by atoms with Crippen LogP contribution in [-0.2, 0) is 19.6 Å². The minimum absolute atomic E-state index is 0.141. The van der Waals surface area contributed by atoms with Crippen LogP contribution in [0.15, 0.2) is 23.1 Å². The highest BCUT2D eigenvalue weighted by atomic mass is 79.9. The highest BCUT2D eigenvalue weighted by Crippen LogP contribution is 2.14. The van der Waals surface area contributed by atoms with E-state index in [9.17, 15) is 4.79 Å². The molecule has 1 N–H and O–H groups in total. The molecule has 0 aliphatic rings. The van der Waals surface area contributed by atoms with Gasteiger partial charge >= 0.3 is 0 Å². The van der Waals surface area contributed by atoms with Gasteiger partial charge in [-0.1, -0.05) is 0 Å². The van der Waals surface area contributed by atoms with Crippen LogP contribution >= 0.6 is 15.9 Å². The van der Waals surface area contributed by atoms with Crippen LogP contribution in [0.5, 0.6) is 0 Å². The highest BCUT2D eigenvalue weighted by molar-refractivity contribution is 9.10. The van der Waals surface area contributed by atoms with E-state index >= 15 is 0 Å². The topological polar surface area (TPSA) is 64.7 Å². The number of halogens is 1. The summed E-state index contributed by atoms with van der Waals surface area (Å²) in [6.07, 6.45) is 5.20. The van der Waals surface area contributed by atoms with Gasteiger partial charge in [0.1, 0.15) is 0 Å². The largest absolute Gasteiger partial charge is 0.346 e. The lowest BCUT2D eigenvalue weighted by Crippen LogP contribution is -2.23. The Morgan fingerprint density at radius 2 is 2.05 bits per heavy atom. The molecule has 0 radical (unpaired) electrons. The summed E-state index contributed by atoms with van der Waals surface area (Å²) in [5.41, 5.74) is 1.38. The summed E-state index contributed by atoms with van der Waals surface area (Å²) in [7, 11) is 0. The van der Waals surface area contributed by atoms with Gasteiger partial charge in [0.25, 0.3) is 5.91 Å². The molecule has 19 heavy (non-hydrogen) atoms. The van der Waals surface area contributed by atoms with Gasteiger partial charge in [0.2, 0.25) is 0 Å². The molecule has 0 saturated heterocycles. The number of aromatic nitrogens is 4.